The van der Waals surface area contributed by atoms with Crippen LogP contribution in [0.2, 0.25) is 0 Å². The van der Waals surface area contributed by atoms with E-state index in [0.29, 0.717) is 49.6 Å². The normalized spacial score (nSPS) is 12.5. The van der Waals surface area contributed by atoms with E-state index < -0.39 is 0 Å². The van der Waals surface area contributed by atoms with E-state index in [2.05, 4.69) is 22.5 Å². The molecular weight excluding hydrogens is 496 g/mol. The first-order chi connectivity index (χ1) is 18.8. The number of ether oxygens (including phenoxy) is 2. The molecule has 9 nitrogen and oxygen atoms in total. The number of guanidine groups is 1. The van der Waals surface area contributed by atoms with Crippen molar-refractivity contribution in [3.05, 3.63) is 53.6 Å². The Labute approximate surface area is 232 Å². The molecule has 9 heteroatoms. The lowest BCUT2D eigenvalue weighted by Gasteiger charge is -2.18. The summed E-state index contributed by atoms with van der Waals surface area (Å²) >= 11 is 0. The van der Waals surface area contributed by atoms with Crippen LogP contribution in [-0.4, -0.2) is 56.3 Å². The molecule has 1 atom stereocenters. The third-order valence-corrected chi connectivity index (χ3v) is 6.38. The third-order valence-electron chi connectivity index (χ3n) is 6.38. The zero-order chi connectivity index (χ0) is 28.6. The van der Waals surface area contributed by atoms with E-state index in [1.807, 2.05) is 25.3 Å². The van der Waals surface area contributed by atoms with Gasteiger partial charge in [0.15, 0.2) is 34.7 Å². The van der Waals surface area contributed by atoms with E-state index in [0.717, 1.165) is 36.8 Å². The highest BCUT2D eigenvalue weighted by Crippen LogP contribution is 2.37. The van der Waals surface area contributed by atoms with Gasteiger partial charge in [-0.2, -0.15) is 0 Å². The van der Waals surface area contributed by atoms with E-state index >= 15 is 0 Å². The van der Waals surface area contributed by atoms with Gasteiger partial charge in [-0.05, 0) is 73.7 Å². The Kier molecular flexibility index (Phi) is 13.7. The summed E-state index contributed by atoms with van der Waals surface area (Å²) < 4.78 is 11.0. The van der Waals surface area contributed by atoms with Crippen LogP contribution in [0.4, 0.5) is 5.69 Å². The minimum Gasteiger partial charge on any atom is -0.504 e. The predicted molar refractivity (Wildman–Crippen MR) is 157 cm³/mol. The minimum atomic E-state index is -0.0273. The summed E-state index contributed by atoms with van der Waals surface area (Å²) in [4.78, 5) is 16.6. The molecule has 0 aliphatic heterocycles. The number of methoxy groups -OCH3 is 1. The number of unbranched alkanes of at least 4 members (excludes halogenated alkanes) is 2. The quantitative estimate of drug-likeness (QED) is 0.0647. The standard InChI is InChI=1S/C30H44N4O5/c1-5-6-7-8-21(9-12-24(35)13-10-22-11-14-26(36)27(19-22)38-4)17-23-18-25(34-30(31)33-3)29(37)28(20-23)39-16-15-32-2/h9,11-12,14,18-21,32,36-37H,5-8,10,13,15-17H2,1-4H3,(H3,31,33,34). The smallest absolute Gasteiger partial charge is 0.192 e. The number of nitrogens with two attached hydrogens (primary N) is 1. The maximum atomic E-state index is 12.7. The molecule has 0 aliphatic rings. The van der Waals surface area contributed by atoms with Crippen LogP contribution >= 0.6 is 0 Å². The average molecular weight is 541 g/mol. The first kappa shape index (κ1) is 31.5. The molecule has 2 aromatic rings. The van der Waals surface area contributed by atoms with Crippen LogP contribution in [0.1, 0.15) is 50.2 Å². The molecule has 1 unspecified atom stereocenters. The van der Waals surface area contributed by atoms with Crippen molar-refractivity contribution in [2.75, 3.05) is 39.7 Å². The van der Waals surface area contributed by atoms with Gasteiger partial charge in [0.25, 0.3) is 0 Å². The Hall–Kier alpha value is -3.72. The molecule has 0 radical (unpaired) electrons. The molecular formula is C30H44N4O5. The molecule has 0 heterocycles. The highest BCUT2D eigenvalue weighted by atomic mass is 16.5. The number of carbonyl (C=O) groups excluding carboxylic acids is 1. The first-order valence-electron chi connectivity index (χ1n) is 13.5. The molecule has 0 aliphatic carbocycles. The summed E-state index contributed by atoms with van der Waals surface area (Å²) in [6.45, 7) is 3.19. The van der Waals surface area contributed by atoms with E-state index in [9.17, 15) is 15.0 Å². The van der Waals surface area contributed by atoms with E-state index in [4.69, 9.17) is 15.2 Å². The maximum Gasteiger partial charge on any atom is 0.192 e. The Morgan fingerprint density at radius 1 is 1.15 bits per heavy atom. The third kappa shape index (κ3) is 10.9. The van der Waals surface area contributed by atoms with Crippen LogP contribution in [0.25, 0.3) is 0 Å². The lowest BCUT2D eigenvalue weighted by molar-refractivity contribution is -0.114. The Morgan fingerprint density at radius 2 is 1.92 bits per heavy atom. The molecule has 0 saturated carbocycles. The number of anilines is 1. The molecule has 0 spiro atoms. The van der Waals surface area contributed by atoms with Crippen molar-refractivity contribution in [3.63, 3.8) is 0 Å². The van der Waals surface area contributed by atoms with Gasteiger partial charge < -0.3 is 36.1 Å². The number of rotatable bonds is 17. The fourth-order valence-electron chi connectivity index (χ4n) is 4.14. The topological polar surface area (TPSA) is 138 Å². The number of aliphatic imine (C=N–C) groups is 1. The number of benzene rings is 2. The molecule has 2 rings (SSSR count). The fraction of sp³-hybridized carbons (Fsp3) is 0.467. The van der Waals surface area contributed by atoms with E-state index in [-0.39, 0.29) is 29.2 Å². The highest BCUT2D eigenvalue weighted by molar-refractivity contribution is 5.94. The number of ketones is 1. The Bertz CT molecular complexity index is 1120. The molecule has 214 valence electrons. The maximum absolute atomic E-state index is 12.7. The molecule has 0 aromatic heterocycles. The molecule has 0 saturated heterocycles. The van der Waals surface area contributed by atoms with Gasteiger partial charge in [0.2, 0.25) is 0 Å². The van der Waals surface area contributed by atoms with Crippen molar-refractivity contribution in [2.24, 2.45) is 16.6 Å². The van der Waals surface area contributed by atoms with Crippen molar-refractivity contribution >= 4 is 17.4 Å². The van der Waals surface area contributed by atoms with Crippen molar-refractivity contribution < 1.29 is 24.5 Å². The summed E-state index contributed by atoms with van der Waals surface area (Å²) in [7, 11) is 4.90. The van der Waals surface area contributed by atoms with Crippen LogP contribution in [0.5, 0.6) is 23.0 Å². The molecule has 6 N–H and O–H groups in total. The summed E-state index contributed by atoms with van der Waals surface area (Å²) in [5.74, 6) is 1.17. The van der Waals surface area contributed by atoms with Gasteiger partial charge in [0, 0.05) is 20.0 Å². The van der Waals surface area contributed by atoms with E-state index in [1.54, 1.807) is 31.3 Å². The summed E-state index contributed by atoms with van der Waals surface area (Å²) in [5, 5.41) is 26.5. The summed E-state index contributed by atoms with van der Waals surface area (Å²) in [6, 6.07) is 8.82. The van der Waals surface area contributed by atoms with Crippen LogP contribution in [0, 0.1) is 5.92 Å². The largest absolute Gasteiger partial charge is 0.504 e. The Morgan fingerprint density at radius 3 is 2.62 bits per heavy atom. The van der Waals surface area contributed by atoms with Crippen molar-refractivity contribution in [1.29, 1.82) is 0 Å². The van der Waals surface area contributed by atoms with Crippen molar-refractivity contribution in [2.45, 2.75) is 51.9 Å². The van der Waals surface area contributed by atoms with Crippen LogP contribution in [-0.2, 0) is 17.6 Å². The number of hydrogen-bond acceptors (Lipinski definition) is 7. The van der Waals surface area contributed by atoms with Crippen molar-refractivity contribution in [1.82, 2.24) is 5.32 Å². The number of aromatic hydroxyl groups is 2. The van der Waals surface area contributed by atoms with Crippen molar-refractivity contribution in [3.8, 4) is 23.0 Å². The molecule has 2 aromatic carbocycles. The second-order valence-corrected chi connectivity index (χ2v) is 9.47. The SMILES string of the molecule is CCCCCC(C=CC(=O)CCc1ccc(O)c(OC)c1)Cc1cc(NC(N)=NC)c(O)c(OCCNC)c1. The van der Waals surface area contributed by atoms with Gasteiger partial charge in [-0.3, -0.25) is 9.79 Å². The lowest BCUT2D eigenvalue weighted by atomic mass is 9.92. The highest BCUT2D eigenvalue weighted by Gasteiger charge is 2.15. The summed E-state index contributed by atoms with van der Waals surface area (Å²) in [6.07, 6.45) is 9.48. The number of nitrogens with zero attached hydrogens (tertiary/aromatic N) is 1. The van der Waals surface area contributed by atoms with E-state index in [1.165, 1.54) is 7.11 Å². The van der Waals surface area contributed by atoms with Gasteiger partial charge in [-0.25, -0.2) is 0 Å². The Balaban J connectivity index is 2.19. The zero-order valence-electron chi connectivity index (χ0n) is 23.6. The minimum absolute atomic E-state index is 0.0273. The van der Waals surface area contributed by atoms with Gasteiger partial charge in [-0.1, -0.05) is 38.3 Å². The van der Waals surface area contributed by atoms with Crippen LogP contribution in [0.3, 0.4) is 0 Å². The monoisotopic (exact) mass is 540 g/mol. The average Bonchev–Trinajstić information content (AvgIpc) is 2.93. The molecule has 0 bridgehead atoms. The number of nitrogens with one attached hydrogen (secondary N) is 2. The number of hydrogen-bond donors (Lipinski definition) is 5. The predicted octanol–water partition coefficient (Wildman–Crippen LogP) is 4.56. The molecule has 0 amide bonds. The number of phenolic OH excluding ortho intramolecular Hbond substituents is 2. The number of aryl methyl sites for hydroxylation is 1. The summed E-state index contributed by atoms with van der Waals surface area (Å²) in [5.41, 5.74) is 8.16. The van der Waals surface area contributed by atoms with Gasteiger partial charge in [0.1, 0.15) is 6.61 Å². The van der Waals surface area contributed by atoms with Crippen LogP contribution < -0.4 is 25.8 Å². The first-order valence-corrected chi connectivity index (χ1v) is 13.5. The zero-order valence-corrected chi connectivity index (χ0v) is 23.6. The molecule has 39 heavy (non-hydrogen) atoms. The van der Waals surface area contributed by atoms with Gasteiger partial charge in [0.05, 0.1) is 12.8 Å². The van der Waals surface area contributed by atoms with Gasteiger partial charge in [-0.15, -0.1) is 0 Å². The van der Waals surface area contributed by atoms with Gasteiger partial charge >= 0.3 is 0 Å². The molecule has 0 fully saturated rings. The number of phenols is 2. The number of likely N-dealkylation sites (N-methyl/N-ethyl adjacent to an activating group) is 1. The number of allylic oxidation sites excluding steroid dienone is 2. The van der Waals surface area contributed by atoms with Crippen LogP contribution in [0.15, 0.2) is 47.5 Å². The number of carbonyl (C=O) groups is 1. The second kappa shape index (κ2) is 17.0. The second-order valence-electron chi connectivity index (χ2n) is 9.47. The fourth-order valence-corrected chi connectivity index (χ4v) is 4.14. The lowest BCUT2D eigenvalue weighted by Crippen LogP contribution is -2.22.